The molecule has 0 aromatic heterocycles. The van der Waals surface area contributed by atoms with Crippen molar-refractivity contribution in [2.75, 3.05) is 13.6 Å². The van der Waals surface area contributed by atoms with Crippen molar-refractivity contribution in [3.05, 3.63) is 35.9 Å². The average molecular weight is 391 g/mol. The fraction of sp³-hybridized carbons (Fsp3) is 0.571. The third-order valence-corrected chi connectivity index (χ3v) is 3.91. The number of unbranched alkanes of at least 4 members (excludes halogenated alkanes) is 1. The van der Waals surface area contributed by atoms with Crippen LogP contribution >= 0.6 is 0 Å². The first kappa shape index (κ1) is 23.5. The molecule has 28 heavy (non-hydrogen) atoms. The first-order valence-electron chi connectivity index (χ1n) is 9.79. The molecule has 0 saturated carbocycles. The smallest absolute Gasteiger partial charge is 0.408 e. The second-order valence-electron chi connectivity index (χ2n) is 7.75. The minimum absolute atomic E-state index is 0.293. The number of urea groups is 1. The number of ether oxygens (including phenoxy) is 1. The molecular weight excluding hydrogens is 356 g/mol. The third kappa shape index (κ3) is 10.5. The van der Waals surface area contributed by atoms with Crippen molar-refractivity contribution in [1.82, 2.24) is 15.6 Å². The number of rotatable bonds is 9. The molecule has 1 atom stereocenters. The number of carbonyl (C=O) groups is 2. The Morgan fingerprint density at radius 1 is 1.25 bits per heavy atom. The Bertz CT molecular complexity index is 626. The standard InChI is InChI=1S/C21H34N4O3/c1-6-7-13-18(23-20(27)28-21(2,3)4)16-22-24-19(26)25(5)15-14-17-11-9-8-10-12-17/h8-12,16,18H,6-7,13-15H2,1-5H3,(H,23,27)(H,24,26)/b22-16+/t18-/m0/s1. The molecule has 0 heterocycles. The van der Waals surface area contributed by atoms with E-state index >= 15 is 0 Å². The SMILES string of the molecule is CCCC[C@@H](/C=N/NC(=O)N(C)CCc1ccccc1)NC(=O)OC(C)(C)C. The number of hydrogen-bond donors (Lipinski definition) is 2. The summed E-state index contributed by atoms with van der Waals surface area (Å²) in [7, 11) is 1.72. The summed E-state index contributed by atoms with van der Waals surface area (Å²) in [6, 6.07) is 9.40. The minimum atomic E-state index is -0.563. The van der Waals surface area contributed by atoms with Crippen LogP contribution in [0, 0.1) is 0 Å². The second kappa shape index (κ2) is 12.0. The molecule has 0 radical (unpaired) electrons. The molecule has 7 nitrogen and oxygen atoms in total. The maximum absolute atomic E-state index is 12.2. The van der Waals surface area contributed by atoms with Gasteiger partial charge in [-0.15, -0.1) is 0 Å². The Hall–Kier alpha value is -2.57. The van der Waals surface area contributed by atoms with Crippen molar-refractivity contribution in [3.8, 4) is 0 Å². The topological polar surface area (TPSA) is 83.0 Å². The Morgan fingerprint density at radius 2 is 1.93 bits per heavy atom. The summed E-state index contributed by atoms with van der Waals surface area (Å²) in [5.41, 5.74) is 3.12. The maximum Gasteiger partial charge on any atom is 0.408 e. The maximum atomic E-state index is 12.2. The van der Waals surface area contributed by atoms with Crippen molar-refractivity contribution < 1.29 is 14.3 Å². The van der Waals surface area contributed by atoms with E-state index in [1.54, 1.807) is 18.2 Å². The van der Waals surface area contributed by atoms with Crippen LogP contribution in [0.4, 0.5) is 9.59 Å². The lowest BCUT2D eigenvalue weighted by Crippen LogP contribution is -2.41. The van der Waals surface area contributed by atoms with Crippen LogP contribution in [0.15, 0.2) is 35.4 Å². The van der Waals surface area contributed by atoms with Crippen LogP contribution < -0.4 is 10.7 Å². The first-order valence-corrected chi connectivity index (χ1v) is 9.79. The molecule has 0 saturated heterocycles. The zero-order valence-corrected chi connectivity index (χ0v) is 17.7. The van der Waals surface area contributed by atoms with E-state index in [2.05, 4.69) is 22.8 Å². The van der Waals surface area contributed by atoms with Gasteiger partial charge in [0.1, 0.15) is 5.60 Å². The number of benzene rings is 1. The predicted molar refractivity (Wildman–Crippen MR) is 112 cm³/mol. The Morgan fingerprint density at radius 3 is 2.54 bits per heavy atom. The normalized spacial score (nSPS) is 12.5. The molecule has 0 aliphatic rings. The fourth-order valence-electron chi connectivity index (χ4n) is 2.38. The fourth-order valence-corrected chi connectivity index (χ4v) is 2.38. The van der Waals surface area contributed by atoms with Crippen LogP contribution in [0.25, 0.3) is 0 Å². The molecule has 0 unspecified atom stereocenters. The molecular formula is C21H34N4O3. The monoisotopic (exact) mass is 390 g/mol. The van der Waals surface area contributed by atoms with Crippen LogP contribution in [0.1, 0.15) is 52.5 Å². The molecule has 1 aromatic rings. The lowest BCUT2D eigenvalue weighted by atomic mass is 10.1. The van der Waals surface area contributed by atoms with Gasteiger partial charge in [0.2, 0.25) is 0 Å². The van der Waals surface area contributed by atoms with Gasteiger partial charge in [0.05, 0.1) is 6.04 Å². The van der Waals surface area contributed by atoms with Crippen LogP contribution in [0.3, 0.4) is 0 Å². The first-order chi connectivity index (χ1) is 13.2. The van der Waals surface area contributed by atoms with Gasteiger partial charge in [0.25, 0.3) is 0 Å². The predicted octanol–water partition coefficient (Wildman–Crippen LogP) is 3.94. The van der Waals surface area contributed by atoms with E-state index in [1.807, 2.05) is 51.1 Å². The average Bonchev–Trinajstić information content (AvgIpc) is 2.63. The van der Waals surface area contributed by atoms with Gasteiger partial charge in [-0.2, -0.15) is 5.10 Å². The number of alkyl carbamates (subject to hydrolysis) is 1. The number of amides is 3. The van der Waals surface area contributed by atoms with E-state index in [9.17, 15) is 9.59 Å². The van der Waals surface area contributed by atoms with Gasteiger partial charge in [0.15, 0.2) is 0 Å². The Kier molecular flexibility index (Phi) is 10.1. The quantitative estimate of drug-likeness (QED) is 0.495. The summed E-state index contributed by atoms with van der Waals surface area (Å²) in [6.07, 6.45) is 4.47. The van der Waals surface area contributed by atoms with Gasteiger partial charge < -0.3 is 15.0 Å². The molecule has 0 aliphatic carbocycles. The van der Waals surface area contributed by atoms with Gasteiger partial charge in [-0.3, -0.25) is 0 Å². The van der Waals surface area contributed by atoms with E-state index in [1.165, 1.54) is 5.56 Å². The number of nitrogens with zero attached hydrogens (tertiary/aromatic N) is 2. The van der Waals surface area contributed by atoms with E-state index in [4.69, 9.17) is 4.74 Å². The minimum Gasteiger partial charge on any atom is -0.444 e. The number of likely N-dealkylation sites (N-methyl/N-ethyl adjacent to an activating group) is 1. The third-order valence-electron chi connectivity index (χ3n) is 3.91. The molecule has 0 bridgehead atoms. The van der Waals surface area contributed by atoms with Gasteiger partial charge in [0, 0.05) is 19.8 Å². The molecule has 2 N–H and O–H groups in total. The molecule has 0 spiro atoms. The largest absolute Gasteiger partial charge is 0.444 e. The van der Waals surface area contributed by atoms with E-state index in [-0.39, 0.29) is 12.1 Å². The van der Waals surface area contributed by atoms with Crippen molar-refractivity contribution >= 4 is 18.3 Å². The van der Waals surface area contributed by atoms with Crippen LogP contribution in [-0.4, -0.2) is 48.5 Å². The van der Waals surface area contributed by atoms with Gasteiger partial charge >= 0.3 is 12.1 Å². The van der Waals surface area contributed by atoms with Crippen LogP contribution in [-0.2, 0) is 11.2 Å². The molecule has 7 heteroatoms. The van der Waals surface area contributed by atoms with Crippen molar-refractivity contribution in [2.24, 2.45) is 5.10 Å². The molecule has 3 amide bonds. The molecule has 0 fully saturated rings. The highest BCUT2D eigenvalue weighted by Gasteiger charge is 2.18. The lowest BCUT2D eigenvalue weighted by Gasteiger charge is -2.22. The van der Waals surface area contributed by atoms with E-state index in [0.29, 0.717) is 6.54 Å². The van der Waals surface area contributed by atoms with Crippen LogP contribution in [0.5, 0.6) is 0 Å². The molecule has 1 aromatic carbocycles. The Balaban J connectivity index is 2.48. The summed E-state index contributed by atoms with van der Waals surface area (Å²) in [5.74, 6) is 0. The molecule has 0 aliphatic heterocycles. The Labute approximate surface area is 168 Å². The van der Waals surface area contributed by atoms with Gasteiger partial charge in [-0.25, -0.2) is 15.0 Å². The van der Waals surface area contributed by atoms with E-state index in [0.717, 1.165) is 25.7 Å². The highest BCUT2D eigenvalue weighted by atomic mass is 16.6. The highest BCUT2D eigenvalue weighted by Crippen LogP contribution is 2.07. The number of hydrazone groups is 1. The van der Waals surface area contributed by atoms with Gasteiger partial charge in [-0.05, 0) is 39.2 Å². The number of hydrogen-bond acceptors (Lipinski definition) is 4. The summed E-state index contributed by atoms with van der Waals surface area (Å²) in [4.78, 5) is 25.7. The van der Waals surface area contributed by atoms with Crippen molar-refractivity contribution in [1.29, 1.82) is 0 Å². The molecule has 156 valence electrons. The lowest BCUT2D eigenvalue weighted by molar-refractivity contribution is 0.0517. The van der Waals surface area contributed by atoms with Crippen LogP contribution in [0.2, 0.25) is 0 Å². The van der Waals surface area contributed by atoms with Crippen molar-refractivity contribution in [2.45, 2.75) is 65.0 Å². The highest BCUT2D eigenvalue weighted by molar-refractivity contribution is 5.78. The number of carbonyl (C=O) groups excluding carboxylic acids is 2. The summed E-state index contributed by atoms with van der Waals surface area (Å²) in [6.45, 7) is 8.10. The summed E-state index contributed by atoms with van der Waals surface area (Å²) < 4.78 is 5.28. The van der Waals surface area contributed by atoms with Gasteiger partial charge in [-0.1, -0.05) is 50.1 Å². The van der Waals surface area contributed by atoms with E-state index < -0.39 is 11.7 Å². The second-order valence-corrected chi connectivity index (χ2v) is 7.75. The van der Waals surface area contributed by atoms with Crippen molar-refractivity contribution in [3.63, 3.8) is 0 Å². The zero-order valence-electron chi connectivity index (χ0n) is 17.7. The summed E-state index contributed by atoms with van der Waals surface area (Å²) in [5, 5.41) is 6.80. The summed E-state index contributed by atoms with van der Waals surface area (Å²) >= 11 is 0. The zero-order chi connectivity index (χ0) is 21.0. The number of nitrogens with one attached hydrogen (secondary N) is 2. The molecule has 1 rings (SSSR count).